The van der Waals surface area contributed by atoms with Crippen LogP contribution < -0.4 is 5.32 Å². The summed E-state index contributed by atoms with van der Waals surface area (Å²) in [6, 6.07) is 11.1. The number of hydrogen-bond acceptors (Lipinski definition) is 4. The molecule has 1 N–H and O–H groups in total. The number of piperidine rings is 1. The van der Waals surface area contributed by atoms with E-state index in [1.807, 2.05) is 30.3 Å². The summed E-state index contributed by atoms with van der Waals surface area (Å²) in [5.41, 5.74) is 1.52. The standard InChI is InChI=1S/C16H17N3O3/c1-19-10-12(7-8-15(19)20)17-16(21)14-9-13(18-22-14)11-5-3-2-4-6-11/h2-6,9,12H,7-8,10H2,1H3,(H,17,21). The highest BCUT2D eigenvalue weighted by Gasteiger charge is 2.25. The van der Waals surface area contributed by atoms with Crippen molar-refractivity contribution in [3.8, 4) is 11.3 Å². The molecule has 2 heterocycles. The highest BCUT2D eigenvalue weighted by Crippen LogP contribution is 2.19. The first-order valence-electron chi connectivity index (χ1n) is 7.20. The molecule has 1 fully saturated rings. The summed E-state index contributed by atoms with van der Waals surface area (Å²) < 4.78 is 5.13. The third kappa shape index (κ3) is 3.00. The quantitative estimate of drug-likeness (QED) is 0.936. The van der Waals surface area contributed by atoms with Crippen molar-refractivity contribution < 1.29 is 14.1 Å². The Balaban J connectivity index is 1.66. The molecular formula is C16H17N3O3. The minimum absolute atomic E-state index is 0.0551. The summed E-state index contributed by atoms with van der Waals surface area (Å²) in [5, 5.41) is 6.81. The van der Waals surface area contributed by atoms with Gasteiger partial charge in [0, 0.05) is 37.7 Å². The van der Waals surface area contributed by atoms with E-state index in [2.05, 4.69) is 10.5 Å². The van der Waals surface area contributed by atoms with Gasteiger partial charge in [0.1, 0.15) is 5.69 Å². The van der Waals surface area contributed by atoms with E-state index in [9.17, 15) is 9.59 Å². The summed E-state index contributed by atoms with van der Waals surface area (Å²) in [7, 11) is 1.74. The molecular weight excluding hydrogens is 282 g/mol. The number of carbonyl (C=O) groups is 2. The van der Waals surface area contributed by atoms with E-state index >= 15 is 0 Å². The summed E-state index contributed by atoms with van der Waals surface area (Å²) in [4.78, 5) is 25.3. The molecule has 2 aromatic rings. The highest BCUT2D eigenvalue weighted by molar-refractivity contribution is 5.92. The molecule has 6 heteroatoms. The van der Waals surface area contributed by atoms with Crippen LogP contribution in [0.1, 0.15) is 23.4 Å². The average Bonchev–Trinajstić information content (AvgIpc) is 3.02. The number of nitrogens with zero attached hydrogens (tertiary/aromatic N) is 2. The number of amides is 2. The molecule has 1 saturated heterocycles. The molecule has 1 aliphatic heterocycles. The van der Waals surface area contributed by atoms with Gasteiger partial charge < -0.3 is 14.7 Å². The van der Waals surface area contributed by atoms with Crippen molar-refractivity contribution in [2.75, 3.05) is 13.6 Å². The number of carbonyl (C=O) groups excluding carboxylic acids is 2. The Bertz CT molecular complexity index is 681. The first-order valence-corrected chi connectivity index (χ1v) is 7.20. The fraction of sp³-hybridized carbons (Fsp3) is 0.312. The SMILES string of the molecule is CN1CC(NC(=O)c2cc(-c3ccccc3)no2)CCC1=O. The minimum atomic E-state index is -0.303. The van der Waals surface area contributed by atoms with Crippen molar-refractivity contribution in [3.05, 3.63) is 42.2 Å². The van der Waals surface area contributed by atoms with E-state index in [4.69, 9.17) is 4.52 Å². The molecule has 0 aliphatic carbocycles. The van der Waals surface area contributed by atoms with Gasteiger partial charge in [-0.3, -0.25) is 9.59 Å². The van der Waals surface area contributed by atoms with Gasteiger partial charge >= 0.3 is 0 Å². The Morgan fingerprint density at radius 2 is 2.14 bits per heavy atom. The van der Waals surface area contributed by atoms with Crippen molar-refractivity contribution in [2.45, 2.75) is 18.9 Å². The van der Waals surface area contributed by atoms with Crippen molar-refractivity contribution >= 4 is 11.8 Å². The smallest absolute Gasteiger partial charge is 0.290 e. The normalized spacial score (nSPS) is 18.3. The summed E-state index contributed by atoms with van der Waals surface area (Å²) >= 11 is 0. The van der Waals surface area contributed by atoms with Crippen LogP contribution in [0.2, 0.25) is 0 Å². The Morgan fingerprint density at radius 3 is 2.86 bits per heavy atom. The summed E-state index contributed by atoms with van der Waals surface area (Å²) in [6.45, 7) is 0.518. The number of nitrogens with one attached hydrogen (secondary N) is 1. The molecule has 0 radical (unpaired) electrons. The molecule has 0 spiro atoms. The van der Waals surface area contributed by atoms with Gasteiger partial charge in [0.2, 0.25) is 11.7 Å². The van der Waals surface area contributed by atoms with Crippen LogP contribution in [0.15, 0.2) is 40.9 Å². The third-order valence-corrected chi connectivity index (χ3v) is 3.77. The van der Waals surface area contributed by atoms with Crippen LogP contribution >= 0.6 is 0 Å². The largest absolute Gasteiger partial charge is 0.350 e. The van der Waals surface area contributed by atoms with Crippen LogP contribution in [-0.4, -0.2) is 41.5 Å². The second kappa shape index (κ2) is 6.01. The maximum Gasteiger partial charge on any atom is 0.290 e. The lowest BCUT2D eigenvalue weighted by Crippen LogP contribution is -2.48. The van der Waals surface area contributed by atoms with Crippen LogP contribution in [-0.2, 0) is 4.79 Å². The Morgan fingerprint density at radius 1 is 1.36 bits per heavy atom. The third-order valence-electron chi connectivity index (χ3n) is 3.77. The van der Waals surface area contributed by atoms with Crippen molar-refractivity contribution in [1.82, 2.24) is 15.4 Å². The molecule has 0 bridgehead atoms. The van der Waals surface area contributed by atoms with Crippen LogP contribution in [0.5, 0.6) is 0 Å². The van der Waals surface area contributed by atoms with Gasteiger partial charge in [0.25, 0.3) is 5.91 Å². The number of likely N-dealkylation sites (N-methyl/N-ethyl adjacent to an activating group) is 1. The van der Waals surface area contributed by atoms with Crippen LogP contribution in [0, 0.1) is 0 Å². The molecule has 1 aliphatic rings. The first-order chi connectivity index (χ1) is 10.6. The molecule has 3 rings (SSSR count). The summed E-state index contributed by atoms with van der Waals surface area (Å²) in [6.07, 6.45) is 1.10. The van der Waals surface area contributed by atoms with Gasteiger partial charge in [0.05, 0.1) is 0 Å². The Kier molecular flexibility index (Phi) is 3.91. The van der Waals surface area contributed by atoms with Crippen molar-refractivity contribution in [3.63, 3.8) is 0 Å². The van der Waals surface area contributed by atoms with E-state index in [0.717, 1.165) is 5.56 Å². The second-order valence-electron chi connectivity index (χ2n) is 5.43. The molecule has 1 aromatic carbocycles. The van der Waals surface area contributed by atoms with Gasteiger partial charge in [-0.25, -0.2) is 0 Å². The predicted molar refractivity (Wildman–Crippen MR) is 80.1 cm³/mol. The van der Waals surface area contributed by atoms with Gasteiger partial charge in [0.15, 0.2) is 0 Å². The first kappa shape index (κ1) is 14.3. The molecule has 6 nitrogen and oxygen atoms in total. The molecule has 2 amide bonds. The lowest BCUT2D eigenvalue weighted by Gasteiger charge is -2.29. The Labute approximate surface area is 128 Å². The van der Waals surface area contributed by atoms with E-state index in [1.54, 1.807) is 18.0 Å². The van der Waals surface area contributed by atoms with Crippen LogP contribution in [0.25, 0.3) is 11.3 Å². The maximum atomic E-state index is 12.2. The molecule has 1 unspecified atom stereocenters. The highest BCUT2D eigenvalue weighted by atomic mass is 16.5. The van der Waals surface area contributed by atoms with Crippen LogP contribution in [0.3, 0.4) is 0 Å². The number of hydrogen-bond donors (Lipinski definition) is 1. The monoisotopic (exact) mass is 299 g/mol. The molecule has 1 atom stereocenters. The molecule has 114 valence electrons. The van der Waals surface area contributed by atoms with Gasteiger partial charge in [-0.15, -0.1) is 0 Å². The zero-order chi connectivity index (χ0) is 15.5. The molecule has 0 saturated carbocycles. The lowest BCUT2D eigenvalue weighted by atomic mass is 10.1. The van der Waals surface area contributed by atoms with E-state index in [-0.39, 0.29) is 23.6 Å². The fourth-order valence-electron chi connectivity index (χ4n) is 2.51. The molecule has 22 heavy (non-hydrogen) atoms. The van der Waals surface area contributed by atoms with Gasteiger partial charge in [-0.1, -0.05) is 35.5 Å². The number of aromatic nitrogens is 1. The van der Waals surface area contributed by atoms with Crippen molar-refractivity contribution in [1.29, 1.82) is 0 Å². The number of benzene rings is 1. The van der Waals surface area contributed by atoms with Gasteiger partial charge in [-0.05, 0) is 6.42 Å². The van der Waals surface area contributed by atoms with E-state index in [1.165, 1.54) is 0 Å². The second-order valence-corrected chi connectivity index (χ2v) is 5.43. The average molecular weight is 299 g/mol. The molecule has 1 aromatic heterocycles. The summed E-state index contributed by atoms with van der Waals surface area (Å²) in [5.74, 6) is -0.0163. The van der Waals surface area contributed by atoms with E-state index < -0.39 is 0 Å². The van der Waals surface area contributed by atoms with Crippen LogP contribution in [0.4, 0.5) is 0 Å². The Hall–Kier alpha value is -2.63. The maximum absolute atomic E-state index is 12.2. The van der Waals surface area contributed by atoms with Gasteiger partial charge in [-0.2, -0.15) is 0 Å². The zero-order valence-corrected chi connectivity index (χ0v) is 12.3. The lowest BCUT2D eigenvalue weighted by molar-refractivity contribution is -0.132. The zero-order valence-electron chi connectivity index (χ0n) is 12.3. The minimum Gasteiger partial charge on any atom is -0.350 e. The van der Waals surface area contributed by atoms with Crippen molar-refractivity contribution in [2.24, 2.45) is 0 Å². The topological polar surface area (TPSA) is 75.4 Å². The number of rotatable bonds is 3. The fourth-order valence-corrected chi connectivity index (χ4v) is 2.51. The van der Waals surface area contributed by atoms with E-state index in [0.29, 0.717) is 25.1 Å². The number of likely N-dealkylation sites (tertiary alicyclic amines) is 1. The predicted octanol–water partition coefficient (Wildman–Crippen LogP) is 1.69.